The van der Waals surface area contributed by atoms with Crippen molar-refractivity contribution in [2.75, 3.05) is 0 Å². The van der Waals surface area contributed by atoms with Gasteiger partial charge in [0.15, 0.2) is 0 Å². The van der Waals surface area contributed by atoms with Gasteiger partial charge in [-0.2, -0.15) is 0 Å². The second-order valence-electron chi connectivity index (χ2n) is 0.408. The summed E-state index contributed by atoms with van der Waals surface area (Å²) in [5, 5.41) is 0. The Morgan fingerprint density at radius 1 is 1.14 bits per heavy atom. The minimum Gasteiger partial charge on any atom is -0.759 e. The van der Waals surface area contributed by atoms with Gasteiger partial charge in [0.2, 0.25) is 0 Å². The molecule has 0 aromatic carbocycles. The van der Waals surface area contributed by atoms with E-state index in [0.29, 0.717) is 0 Å². The molecule has 1 radical (unpaired) electrons. The molecular formula is KO4SV+. The van der Waals surface area contributed by atoms with E-state index in [1.54, 1.807) is 0 Å². The Morgan fingerprint density at radius 2 is 1.14 bits per heavy atom. The summed E-state index contributed by atoms with van der Waals surface area (Å²) < 4.78 is 34.1. The van der Waals surface area contributed by atoms with Crippen molar-refractivity contribution >= 4 is 10.4 Å². The zero-order valence-electron chi connectivity index (χ0n) is 3.49. The summed E-state index contributed by atoms with van der Waals surface area (Å²) >= 11 is 0. The average Bonchev–Trinajstić information content (AvgIpc) is 0.722. The van der Waals surface area contributed by atoms with E-state index in [2.05, 4.69) is 0 Å². The van der Waals surface area contributed by atoms with Crippen LogP contribution in [0, 0.1) is 0 Å². The van der Waals surface area contributed by atoms with Crippen LogP contribution in [0.1, 0.15) is 0 Å². The van der Waals surface area contributed by atoms with Crippen molar-refractivity contribution in [1.29, 1.82) is 0 Å². The maximum atomic E-state index is 8.52. The predicted molar refractivity (Wildman–Crippen MR) is 10.5 cm³/mol. The van der Waals surface area contributed by atoms with Crippen molar-refractivity contribution < 1.29 is 87.5 Å². The van der Waals surface area contributed by atoms with Crippen molar-refractivity contribution in [1.82, 2.24) is 0 Å². The van der Waals surface area contributed by atoms with Gasteiger partial charge in [0.25, 0.3) is 0 Å². The zero-order chi connectivity index (χ0) is 4.50. The van der Waals surface area contributed by atoms with Crippen LogP contribution in [0.15, 0.2) is 0 Å². The molecule has 0 aliphatic rings. The molecule has 0 saturated carbocycles. The molecule has 0 aliphatic heterocycles. The third-order valence-corrected chi connectivity index (χ3v) is 0. The quantitative estimate of drug-likeness (QED) is 0.217. The van der Waals surface area contributed by atoms with Gasteiger partial charge in [-0.05, 0) is 0 Å². The summed E-state index contributed by atoms with van der Waals surface area (Å²) in [6.45, 7) is 0. The van der Waals surface area contributed by atoms with Gasteiger partial charge >= 0.3 is 69.9 Å². The molecule has 35 valence electrons. The maximum absolute atomic E-state index is 8.52. The fraction of sp³-hybridized carbons (Fsp3) is 0. The smallest absolute Gasteiger partial charge is 0.759 e. The summed E-state index contributed by atoms with van der Waals surface area (Å²) in [6.07, 6.45) is 0. The van der Waals surface area contributed by atoms with E-state index in [9.17, 15) is 0 Å². The van der Waals surface area contributed by atoms with E-state index < -0.39 is 10.4 Å². The normalized spacial score (nSPS) is 8.29. The standard InChI is InChI=1S/K.H2O4S.V/c;1-5(2,3)4;/h;(H2,1,2,3,4);/q+1;;+2/p-2. The molecule has 4 nitrogen and oxygen atoms in total. The number of rotatable bonds is 0. The summed E-state index contributed by atoms with van der Waals surface area (Å²) in [5.74, 6) is 0. The van der Waals surface area contributed by atoms with Crippen LogP contribution in [0.3, 0.4) is 0 Å². The van der Waals surface area contributed by atoms with Crippen LogP contribution in [-0.4, -0.2) is 17.5 Å². The third kappa shape index (κ3) is 68.7. The van der Waals surface area contributed by atoms with Gasteiger partial charge in [-0.1, -0.05) is 0 Å². The monoisotopic (exact) mass is 186 g/mol. The molecule has 0 atom stereocenters. The fourth-order valence-corrected chi connectivity index (χ4v) is 0. The molecule has 0 aromatic heterocycles. The second kappa shape index (κ2) is 6.21. The third-order valence-electron chi connectivity index (χ3n) is 0. The van der Waals surface area contributed by atoms with Gasteiger partial charge in [0.05, 0.1) is 0 Å². The molecule has 0 heterocycles. The van der Waals surface area contributed by atoms with Gasteiger partial charge in [-0.3, -0.25) is 8.42 Å². The van der Waals surface area contributed by atoms with Crippen LogP contribution >= 0.6 is 0 Å². The number of hydrogen-bond donors (Lipinski definition) is 0. The van der Waals surface area contributed by atoms with Crippen LogP contribution in [0.5, 0.6) is 0 Å². The van der Waals surface area contributed by atoms with Crippen molar-refractivity contribution in [2.45, 2.75) is 0 Å². The van der Waals surface area contributed by atoms with Crippen LogP contribution in [0.25, 0.3) is 0 Å². The Labute approximate surface area is 95.9 Å². The van der Waals surface area contributed by atoms with E-state index >= 15 is 0 Å². The van der Waals surface area contributed by atoms with Crippen LogP contribution in [-0.2, 0) is 29.0 Å². The van der Waals surface area contributed by atoms with E-state index in [0.717, 1.165) is 0 Å². The van der Waals surface area contributed by atoms with Crippen LogP contribution in [0.2, 0.25) is 0 Å². The fourth-order valence-electron chi connectivity index (χ4n) is 0. The Kier molecular flexibility index (Phi) is 14.2. The van der Waals surface area contributed by atoms with Gasteiger partial charge in [-0.15, -0.1) is 0 Å². The van der Waals surface area contributed by atoms with Crippen molar-refractivity contribution in [3.63, 3.8) is 0 Å². The molecule has 0 N–H and O–H groups in total. The van der Waals surface area contributed by atoms with Crippen LogP contribution in [0.4, 0.5) is 0 Å². The molecule has 7 heteroatoms. The van der Waals surface area contributed by atoms with E-state index in [-0.39, 0.29) is 69.9 Å². The van der Waals surface area contributed by atoms with Crippen molar-refractivity contribution in [3.8, 4) is 0 Å². The van der Waals surface area contributed by atoms with Gasteiger partial charge < -0.3 is 9.11 Å². The summed E-state index contributed by atoms with van der Waals surface area (Å²) in [4.78, 5) is 0. The van der Waals surface area contributed by atoms with Crippen molar-refractivity contribution in [2.24, 2.45) is 0 Å². The Morgan fingerprint density at radius 3 is 1.14 bits per heavy atom. The molecule has 0 spiro atoms. The van der Waals surface area contributed by atoms with Crippen molar-refractivity contribution in [3.05, 3.63) is 0 Å². The second-order valence-corrected chi connectivity index (χ2v) is 1.22. The number of hydrogen-bond acceptors (Lipinski definition) is 4. The van der Waals surface area contributed by atoms with Gasteiger partial charge in [0.1, 0.15) is 0 Å². The van der Waals surface area contributed by atoms with Crippen LogP contribution < -0.4 is 51.4 Å². The first-order valence-corrected chi connectivity index (χ1v) is 2.00. The van der Waals surface area contributed by atoms with E-state index in [1.807, 2.05) is 0 Å². The Bertz CT molecular complexity index is 94.9. The molecule has 0 fully saturated rings. The molecule has 0 amide bonds. The first-order chi connectivity index (χ1) is 2.00. The summed E-state index contributed by atoms with van der Waals surface area (Å²) in [5.41, 5.74) is 0. The Balaban J connectivity index is -0.0000000800. The molecule has 0 rings (SSSR count). The minimum absolute atomic E-state index is 0. The summed E-state index contributed by atoms with van der Waals surface area (Å²) in [7, 11) is -5.17. The Hall–Kier alpha value is 2.09. The van der Waals surface area contributed by atoms with Gasteiger partial charge in [0, 0.05) is 10.4 Å². The molecule has 0 saturated heterocycles. The average molecular weight is 186 g/mol. The molecule has 0 aliphatic carbocycles. The molecule has 0 aromatic rings. The molecular weight excluding hydrogens is 186 g/mol. The zero-order valence-corrected chi connectivity index (χ0v) is 8.82. The van der Waals surface area contributed by atoms with E-state index in [4.69, 9.17) is 17.5 Å². The molecule has 7 heavy (non-hydrogen) atoms. The predicted octanol–water partition coefficient (Wildman–Crippen LogP) is -4.34. The SMILES string of the molecule is O=S(=O)([O-])[O-].[K+].[V+2]. The first kappa shape index (κ1) is 16.0. The maximum Gasteiger partial charge on any atom is 2.00 e. The molecule has 0 unspecified atom stereocenters. The van der Waals surface area contributed by atoms with E-state index in [1.165, 1.54) is 0 Å². The minimum atomic E-state index is -5.17. The molecule has 0 bridgehead atoms. The summed E-state index contributed by atoms with van der Waals surface area (Å²) in [6, 6.07) is 0. The first-order valence-electron chi connectivity index (χ1n) is 0.667. The van der Waals surface area contributed by atoms with Gasteiger partial charge in [-0.25, -0.2) is 0 Å². The topological polar surface area (TPSA) is 80.3 Å². The largest absolute Gasteiger partial charge is 2.00 e.